The van der Waals surface area contributed by atoms with E-state index in [1.54, 1.807) is 13.0 Å². The van der Waals surface area contributed by atoms with Crippen molar-refractivity contribution in [3.8, 4) is 0 Å². The normalized spacial score (nSPS) is 12.2. The van der Waals surface area contributed by atoms with Crippen LogP contribution in [0.2, 0.25) is 5.02 Å². The first-order valence-electron chi connectivity index (χ1n) is 5.29. The van der Waals surface area contributed by atoms with Gasteiger partial charge < -0.3 is 4.74 Å². The monoisotopic (exact) mass is 278 g/mol. The quantitative estimate of drug-likeness (QED) is 0.599. The van der Waals surface area contributed by atoms with E-state index < -0.39 is 5.82 Å². The molecule has 0 fully saturated rings. The Kier molecular flexibility index (Phi) is 5.72. The Morgan fingerprint density at radius 2 is 2.24 bits per heavy atom. The van der Waals surface area contributed by atoms with E-state index in [0.29, 0.717) is 18.6 Å². The second-order valence-corrected chi connectivity index (χ2v) is 4.42. The number of esters is 1. The second-order valence-electron chi connectivity index (χ2n) is 3.48. The number of hydrogen-bond donors (Lipinski definition) is 0. The topological polar surface area (TPSA) is 26.3 Å². The highest BCUT2D eigenvalue weighted by Crippen LogP contribution is 2.28. The van der Waals surface area contributed by atoms with Gasteiger partial charge in [0.15, 0.2) is 0 Å². The molecular weight excluding hydrogens is 266 g/mol. The minimum Gasteiger partial charge on any atom is -0.466 e. The summed E-state index contributed by atoms with van der Waals surface area (Å²) in [4.78, 5) is 11.1. The third-order valence-corrected chi connectivity index (χ3v) is 2.97. The van der Waals surface area contributed by atoms with Gasteiger partial charge in [0, 0.05) is 6.42 Å². The number of carbonyl (C=O) groups is 1. The SMILES string of the molecule is CCOC(=O)CCC(Cl)c1ccc(F)c(Cl)c1. The summed E-state index contributed by atoms with van der Waals surface area (Å²) >= 11 is 11.7. The van der Waals surface area contributed by atoms with E-state index in [9.17, 15) is 9.18 Å². The Labute approximate surface area is 110 Å². The van der Waals surface area contributed by atoms with Crippen LogP contribution in [-0.4, -0.2) is 12.6 Å². The highest BCUT2D eigenvalue weighted by atomic mass is 35.5. The summed E-state index contributed by atoms with van der Waals surface area (Å²) in [5.74, 6) is -0.768. The number of hydrogen-bond acceptors (Lipinski definition) is 2. The molecule has 0 aliphatic rings. The molecule has 1 unspecified atom stereocenters. The van der Waals surface area contributed by atoms with Crippen molar-refractivity contribution in [2.75, 3.05) is 6.61 Å². The lowest BCUT2D eigenvalue weighted by molar-refractivity contribution is -0.143. The van der Waals surface area contributed by atoms with Crippen LogP contribution in [0.5, 0.6) is 0 Å². The van der Waals surface area contributed by atoms with Crippen LogP contribution in [0.15, 0.2) is 18.2 Å². The summed E-state index contributed by atoms with van der Waals surface area (Å²) < 4.78 is 17.7. The minimum atomic E-state index is -0.482. The standard InChI is InChI=1S/C12H13Cl2FO2/c1-2-17-12(16)6-4-9(13)8-3-5-11(15)10(14)7-8/h3,5,7,9H,2,4,6H2,1H3. The molecule has 1 aromatic rings. The highest BCUT2D eigenvalue weighted by molar-refractivity contribution is 6.31. The van der Waals surface area contributed by atoms with Crippen LogP contribution in [0.3, 0.4) is 0 Å². The number of ether oxygens (including phenoxy) is 1. The van der Waals surface area contributed by atoms with Gasteiger partial charge in [0.05, 0.1) is 17.0 Å². The van der Waals surface area contributed by atoms with Crippen molar-refractivity contribution in [1.29, 1.82) is 0 Å². The molecule has 0 aliphatic heterocycles. The van der Waals surface area contributed by atoms with Gasteiger partial charge in [-0.25, -0.2) is 4.39 Å². The van der Waals surface area contributed by atoms with Gasteiger partial charge in [0.25, 0.3) is 0 Å². The van der Waals surface area contributed by atoms with Crippen LogP contribution in [-0.2, 0) is 9.53 Å². The molecule has 0 bridgehead atoms. The number of alkyl halides is 1. The zero-order valence-electron chi connectivity index (χ0n) is 9.38. The predicted molar refractivity (Wildman–Crippen MR) is 65.9 cm³/mol. The Morgan fingerprint density at radius 3 is 2.82 bits per heavy atom. The fraction of sp³-hybridized carbons (Fsp3) is 0.417. The van der Waals surface area contributed by atoms with Crippen molar-refractivity contribution >= 4 is 29.2 Å². The van der Waals surface area contributed by atoms with E-state index >= 15 is 0 Å². The highest BCUT2D eigenvalue weighted by Gasteiger charge is 2.12. The summed E-state index contributed by atoms with van der Waals surface area (Å²) in [6.45, 7) is 2.10. The van der Waals surface area contributed by atoms with E-state index in [1.165, 1.54) is 12.1 Å². The van der Waals surface area contributed by atoms with Crippen molar-refractivity contribution in [3.05, 3.63) is 34.6 Å². The number of carbonyl (C=O) groups excluding carboxylic acids is 1. The van der Waals surface area contributed by atoms with Crippen molar-refractivity contribution in [1.82, 2.24) is 0 Å². The lowest BCUT2D eigenvalue weighted by atomic mass is 10.1. The summed E-state index contributed by atoms with van der Waals surface area (Å²) in [5.41, 5.74) is 0.697. The Balaban J connectivity index is 2.54. The zero-order valence-corrected chi connectivity index (χ0v) is 10.9. The molecule has 0 aromatic heterocycles. The maximum absolute atomic E-state index is 12.9. The molecule has 0 aliphatic carbocycles. The molecular formula is C12H13Cl2FO2. The summed E-state index contributed by atoms with van der Waals surface area (Å²) in [5, 5.41) is -0.346. The summed E-state index contributed by atoms with van der Waals surface area (Å²) in [6.07, 6.45) is 0.666. The van der Waals surface area contributed by atoms with E-state index in [1.807, 2.05) is 0 Å². The Bertz CT molecular complexity index is 396. The third kappa shape index (κ3) is 4.52. The molecule has 0 saturated carbocycles. The van der Waals surface area contributed by atoms with Gasteiger partial charge in [0.2, 0.25) is 0 Å². The van der Waals surface area contributed by atoms with Gasteiger partial charge in [-0.2, -0.15) is 0 Å². The van der Waals surface area contributed by atoms with Crippen LogP contribution in [0, 0.1) is 5.82 Å². The van der Waals surface area contributed by atoms with Gasteiger partial charge in [0.1, 0.15) is 5.82 Å². The van der Waals surface area contributed by atoms with Crippen LogP contribution in [0.1, 0.15) is 30.7 Å². The fourth-order valence-corrected chi connectivity index (χ4v) is 1.79. The first-order chi connectivity index (χ1) is 8.04. The predicted octanol–water partition coefficient (Wildman–Crippen LogP) is 4.10. The zero-order chi connectivity index (χ0) is 12.8. The number of halogens is 3. The molecule has 1 aromatic carbocycles. The largest absolute Gasteiger partial charge is 0.466 e. The first-order valence-corrected chi connectivity index (χ1v) is 6.10. The Hall–Kier alpha value is -0.800. The first kappa shape index (κ1) is 14.3. The average molecular weight is 279 g/mol. The van der Waals surface area contributed by atoms with Crippen molar-refractivity contribution in [2.45, 2.75) is 25.1 Å². The average Bonchev–Trinajstić information content (AvgIpc) is 2.30. The van der Waals surface area contributed by atoms with Gasteiger partial charge in [-0.1, -0.05) is 17.7 Å². The molecule has 0 radical (unpaired) electrons. The molecule has 0 spiro atoms. The molecule has 94 valence electrons. The molecule has 0 heterocycles. The van der Waals surface area contributed by atoms with Crippen molar-refractivity contribution in [2.24, 2.45) is 0 Å². The van der Waals surface area contributed by atoms with Crippen LogP contribution < -0.4 is 0 Å². The number of benzene rings is 1. The molecule has 0 amide bonds. The second kappa shape index (κ2) is 6.82. The Morgan fingerprint density at radius 1 is 1.53 bits per heavy atom. The van der Waals surface area contributed by atoms with Crippen LogP contribution >= 0.6 is 23.2 Å². The van der Waals surface area contributed by atoms with E-state index in [2.05, 4.69) is 0 Å². The van der Waals surface area contributed by atoms with E-state index in [4.69, 9.17) is 27.9 Å². The van der Waals surface area contributed by atoms with Gasteiger partial charge in [-0.3, -0.25) is 4.79 Å². The minimum absolute atomic E-state index is 0.0317. The van der Waals surface area contributed by atoms with Gasteiger partial charge in [-0.05, 0) is 31.0 Å². The van der Waals surface area contributed by atoms with Gasteiger partial charge in [-0.15, -0.1) is 11.6 Å². The van der Waals surface area contributed by atoms with Crippen LogP contribution in [0.4, 0.5) is 4.39 Å². The summed E-state index contributed by atoms with van der Waals surface area (Å²) in [7, 11) is 0. The summed E-state index contributed by atoms with van der Waals surface area (Å²) in [6, 6.07) is 4.29. The smallest absolute Gasteiger partial charge is 0.305 e. The maximum atomic E-state index is 12.9. The molecule has 5 heteroatoms. The van der Waals surface area contributed by atoms with Crippen molar-refractivity contribution in [3.63, 3.8) is 0 Å². The molecule has 17 heavy (non-hydrogen) atoms. The molecule has 0 N–H and O–H groups in total. The third-order valence-electron chi connectivity index (χ3n) is 2.21. The lowest BCUT2D eigenvalue weighted by Gasteiger charge is -2.10. The molecule has 0 saturated heterocycles. The van der Waals surface area contributed by atoms with Gasteiger partial charge >= 0.3 is 5.97 Å². The van der Waals surface area contributed by atoms with Crippen LogP contribution in [0.25, 0.3) is 0 Å². The van der Waals surface area contributed by atoms with E-state index in [-0.39, 0.29) is 22.8 Å². The van der Waals surface area contributed by atoms with E-state index in [0.717, 1.165) is 0 Å². The lowest BCUT2D eigenvalue weighted by Crippen LogP contribution is -2.05. The van der Waals surface area contributed by atoms with Crippen molar-refractivity contribution < 1.29 is 13.9 Å². The molecule has 1 rings (SSSR count). The fourth-order valence-electron chi connectivity index (χ4n) is 1.35. The maximum Gasteiger partial charge on any atom is 0.305 e. The number of rotatable bonds is 5. The molecule has 1 atom stereocenters. The molecule has 2 nitrogen and oxygen atoms in total.